The summed E-state index contributed by atoms with van der Waals surface area (Å²) in [6.45, 7) is 1.92. The lowest BCUT2D eigenvalue weighted by molar-refractivity contribution is 0.0509. The molecule has 0 aliphatic carbocycles. The molecule has 1 saturated heterocycles. The molecule has 0 bridgehead atoms. The normalized spacial score (nSPS) is 21.3. The summed E-state index contributed by atoms with van der Waals surface area (Å²) in [4.78, 5) is 11.4. The largest absolute Gasteiger partial charge is 0.461 e. The Labute approximate surface area is 82.2 Å². The maximum Gasteiger partial charge on any atom is 0.223 e. The molecule has 1 N–H and O–H groups in total. The van der Waals surface area contributed by atoms with E-state index in [0.29, 0.717) is 5.76 Å². The number of hydrogen-bond donors (Lipinski definition) is 1. The first-order chi connectivity index (χ1) is 6.86. The number of rotatable bonds is 4. The van der Waals surface area contributed by atoms with Crippen molar-refractivity contribution in [2.75, 3.05) is 19.7 Å². The number of carbonyl (C=O) groups excluding carboxylic acids is 1. The lowest BCUT2D eigenvalue weighted by atomic mass is 10.3. The van der Waals surface area contributed by atoms with Crippen molar-refractivity contribution < 1.29 is 13.9 Å². The van der Waals surface area contributed by atoms with Gasteiger partial charge >= 0.3 is 0 Å². The molecule has 1 unspecified atom stereocenters. The van der Waals surface area contributed by atoms with Crippen molar-refractivity contribution in [1.29, 1.82) is 0 Å². The van der Waals surface area contributed by atoms with Crippen molar-refractivity contribution in [2.24, 2.45) is 0 Å². The molecule has 2 heterocycles. The Morgan fingerprint density at radius 1 is 1.71 bits per heavy atom. The SMILES string of the molecule is O=C(COC1CCNC1)c1ccco1. The van der Waals surface area contributed by atoms with Gasteiger partial charge in [0.2, 0.25) is 5.78 Å². The van der Waals surface area contributed by atoms with Crippen LogP contribution in [0.5, 0.6) is 0 Å². The molecular weight excluding hydrogens is 182 g/mol. The second-order valence-electron chi connectivity index (χ2n) is 3.33. The highest BCUT2D eigenvalue weighted by molar-refractivity contribution is 5.94. The average Bonchev–Trinajstić information content (AvgIpc) is 2.87. The molecule has 1 aromatic heterocycles. The Hall–Kier alpha value is -1.13. The van der Waals surface area contributed by atoms with Crippen LogP contribution in [-0.4, -0.2) is 31.6 Å². The van der Waals surface area contributed by atoms with Gasteiger partial charge in [0.15, 0.2) is 5.76 Å². The van der Waals surface area contributed by atoms with Gasteiger partial charge in [-0.2, -0.15) is 0 Å². The lowest BCUT2D eigenvalue weighted by Crippen LogP contribution is -2.20. The predicted octanol–water partition coefficient (Wildman–Crippen LogP) is 0.841. The molecule has 76 valence electrons. The molecule has 1 aliphatic rings. The summed E-state index contributed by atoms with van der Waals surface area (Å²) in [6.07, 6.45) is 2.64. The maximum absolute atomic E-state index is 11.4. The lowest BCUT2D eigenvalue weighted by Gasteiger charge is -2.08. The molecule has 4 heteroatoms. The molecule has 0 spiro atoms. The van der Waals surface area contributed by atoms with Gasteiger partial charge in [-0.15, -0.1) is 0 Å². The number of Topliss-reactive ketones (excluding diaryl/α,β-unsaturated/α-hetero) is 1. The first-order valence-corrected chi connectivity index (χ1v) is 4.75. The van der Waals surface area contributed by atoms with Crippen LogP contribution in [0.25, 0.3) is 0 Å². The zero-order valence-corrected chi connectivity index (χ0v) is 7.86. The number of ether oxygens (including phenoxy) is 1. The van der Waals surface area contributed by atoms with Gasteiger partial charge in [-0.05, 0) is 25.1 Å². The summed E-state index contributed by atoms with van der Waals surface area (Å²) in [6, 6.07) is 3.35. The van der Waals surface area contributed by atoms with Crippen LogP contribution in [0.15, 0.2) is 22.8 Å². The first-order valence-electron chi connectivity index (χ1n) is 4.75. The van der Waals surface area contributed by atoms with Gasteiger partial charge in [-0.25, -0.2) is 0 Å². The van der Waals surface area contributed by atoms with E-state index < -0.39 is 0 Å². The maximum atomic E-state index is 11.4. The second-order valence-corrected chi connectivity index (χ2v) is 3.33. The van der Waals surface area contributed by atoms with E-state index >= 15 is 0 Å². The van der Waals surface area contributed by atoms with Crippen molar-refractivity contribution in [2.45, 2.75) is 12.5 Å². The Kier molecular flexibility index (Phi) is 2.96. The fraction of sp³-hybridized carbons (Fsp3) is 0.500. The minimum Gasteiger partial charge on any atom is -0.461 e. The van der Waals surface area contributed by atoms with Crippen LogP contribution in [0, 0.1) is 0 Å². The van der Waals surface area contributed by atoms with Gasteiger partial charge in [-0.1, -0.05) is 0 Å². The summed E-state index contributed by atoms with van der Waals surface area (Å²) in [7, 11) is 0. The standard InChI is InChI=1S/C10H13NO3/c12-9(10-2-1-5-13-10)7-14-8-3-4-11-6-8/h1-2,5,8,11H,3-4,6-7H2. The van der Waals surface area contributed by atoms with Gasteiger partial charge in [0.1, 0.15) is 6.61 Å². The minimum absolute atomic E-state index is 0.0955. The number of ketones is 1. The van der Waals surface area contributed by atoms with Crippen molar-refractivity contribution in [3.05, 3.63) is 24.2 Å². The fourth-order valence-corrected chi connectivity index (χ4v) is 1.47. The highest BCUT2D eigenvalue weighted by Crippen LogP contribution is 2.06. The average molecular weight is 195 g/mol. The number of carbonyl (C=O) groups is 1. The zero-order valence-electron chi connectivity index (χ0n) is 7.86. The molecule has 0 aromatic carbocycles. The molecule has 1 aromatic rings. The zero-order chi connectivity index (χ0) is 9.80. The predicted molar refractivity (Wildman–Crippen MR) is 50.3 cm³/mol. The molecule has 1 fully saturated rings. The summed E-state index contributed by atoms with van der Waals surface area (Å²) in [5, 5.41) is 3.17. The number of furan rings is 1. The molecular formula is C10H13NO3. The third-order valence-electron chi connectivity index (χ3n) is 2.26. The van der Waals surface area contributed by atoms with Gasteiger partial charge in [-0.3, -0.25) is 4.79 Å². The van der Waals surface area contributed by atoms with Crippen LogP contribution < -0.4 is 5.32 Å². The summed E-state index contributed by atoms with van der Waals surface area (Å²) in [5.74, 6) is 0.276. The van der Waals surface area contributed by atoms with Gasteiger partial charge in [0, 0.05) is 6.54 Å². The number of nitrogens with one attached hydrogen (secondary N) is 1. The van der Waals surface area contributed by atoms with Crippen LogP contribution in [0.4, 0.5) is 0 Å². The summed E-state index contributed by atoms with van der Waals surface area (Å²) < 4.78 is 10.4. The van der Waals surface area contributed by atoms with E-state index in [1.165, 1.54) is 6.26 Å². The molecule has 14 heavy (non-hydrogen) atoms. The highest BCUT2D eigenvalue weighted by Gasteiger charge is 2.17. The monoisotopic (exact) mass is 195 g/mol. The Bertz CT molecular complexity index is 288. The van der Waals surface area contributed by atoms with E-state index in [1.54, 1.807) is 12.1 Å². The van der Waals surface area contributed by atoms with E-state index in [9.17, 15) is 4.79 Å². The third-order valence-corrected chi connectivity index (χ3v) is 2.26. The van der Waals surface area contributed by atoms with Gasteiger partial charge in [0.05, 0.1) is 12.4 Å². The van der Waals surface area contributed by atoms with E-state index in [-0.39, 0.29) is 18.5 Å². The Morgan fingerprint density at radius 2 is 2.64 bits per heavy atom. The van der Waals surface area contributed by atoms with Crippen LogP contribution in [0.1, 0.15) is 17.0 Å². The summed E-state index contributed by atoms with van der Waals surface area (Å²) >= 11 is 0. The van der Waals surface area contributed by atoms with Crippen molar-refractivity contribution in [1.82, 2.24) is 5.32 Å². The smallest absolute Gasteiger partial charge is 0.223 e. The van der Waals surface area contributed by atoms with Crippen molar-refractivity contribution >= 4 is 5.78 Å². The van der Waals surface area contributed by atoms with Crippen LogP contribution in [-0.2, 0) is 4.74 Å². The molecule has 0 amide bonds. The van der Waals surface area contributed by atoms with Gasteiger partial charge < -0.3 is 14.5 Å². The van der Waals surface area contributed by atoms with Crippen LogP contribution in [0.2, 0.25) is 0 Å². The fourth-order valence-electron chi connectivity index (χ4n) is 1.47. The number of hydrogen-bond acceptors (Lipinski definition) is 4. The topological polar surface area (TPSA) is 51.5 Å². The van der Waals surface area contributed by atoms with E-state index in [1.807, 2.05) is 0 Å². The molecule has 4 nitrogen and oxygen atoms in total. The minimum atomic E-state index is -0.0955. The van der Waals surface area contributed by atoms with Crippen LogP contribution >= 0.6 is 0 Å². The van der Waals surface area contributed by atoms with Crippen molar-refractivity contribution in [3.63, 3.8) is 0 Å². The molecule has 2 rings (SSSR count). The van der Waals surface area contributed by atoms with Crippen LogP contribution in [0.3, 0.4) is 0 Å². The van der Waals surface area contributed by atoms with E-state index in [0.717, 1.165) is 19.5 Å². The van der Waals surface area contributed by atoms with E-state index in [2.05, 4.69) is 5.32 Å². The summed E-state index contributed by atoms with van der Waals surface area (Å²) in [5.41, 5.74) is 0. The van der Waals surface area contributed by atoms with Gasteiger partial charge in [0.25, 0.3) is 0 Å². The molecule has 1 aliphatic heterocycles. The highest BCUT2D eigenvalue weighted by atomic mass is 16.5. The third kappa shape index (κ3) is 2.21. The second kappa shape index (κ2) is 4.39. The Morgan fingerprint density at radius 3 is 3.29 bits per heavy atom. The molecule has 0 radical (unpaired) electrons. The van der Waals surface area contributed by atoms with E-state index in [4.69, 9.17) is 9.15 Å². The van der Waals surface area contributed by atoms with Crippen molar-refractivity contribution in [3.8, 4) is 0 Å². The quantitative estimate of drug-likeness (QED) is 0.723. The molecule has 0 saturated carbocycles. The first kappa shape index (κ1) is 9.43. The molecule has 1 atom stereocenters. The Balaban J connectivity index is 1.78.